The lowest BCUT2D eigenvalue weighted by molar-refractivity contribution is -0.113. The van der Waals surface area contributed by atoms with Crippen molar-refractivity contribution in [2.75, 3.05) is 17.7 Å². The normalized spacial score (nSPS) is 17.5. The predicted octanol–water partition coefficient (Wildman–Crippen LogP) is 2.75. The van der Waals surface area contributed by atoms with Crippen molar-refractivity contribution in [3.63, 3.8) is 0 Å². The summed E-state index contributed by atoms with van der Waals surface area (Å²) in [6.07, 6.45) is 3.47. The summed E-state index contributed by atoms with van der Waals surface area (Å²) in [7, 11) is 0. The van der Waals surface area contributed by atoms with E-state index in [0.717, 1.165) is 16.9 Å². The van der Waals surface area contributed by atoms with Crippen LogP contribution in [0.1, 0.15) is 16.4 Å². The van der Waals surface area contributed by atoms with Crippen LogP contribution in [0, 0.1) is 0 Å². The van der Waals surface area contributed by atoms with E-state index in [1.807, 2.05) is 24.3 Å². The van der Waals surface area contributed by atoms with Crippen molar-refractivity contribution in [1.29, 1.82) is 0 Å². The molecular formula is C15H15N3O2S. The highest BCUT2D eigenvalue weighted by molar-refractivity contribution is 8.00. The Kier molecular flexibility index (Phi) is 3.96. The second kappa shape index (κ2) is 6.05. The molecule has 1 atom stereocenters. The van der Waals surface area contributed by atoms with Crippen LogP contribution in [-0.2, 0) is 4.79 Å². The second-order valence-electron chi connectivity index (χ2n) is 4.58. The van der Waals surface area contributed by atoms with E-state index in [0.29, 0.717) is 18.2 Å². The largest absolute Gasteiger partial charge is 0.489 e. The lowest BCUT2D eigenvalue weighted by Crippen LogP contribution is -2.12. The molecule has 2 aromatic rings. The van der Waals surface area contributed by atoms with Crippen molar-refractivity contribution in [2.24, 2.45) is 0 Å². The Morgan fingerprint density at radius 2 is 2.29 bits per heavy atom. The molecule has 3 rings (SSSR count). The van der Waals surface area contributed by atoms with Crippen LogP contribution in [0.5, 0.6) is 5.75 Å². The lowest BCUT2D eigenvalue weighted by atomic mass is 10.1. The van der Waals surface area contributed by atoms with Crippen LogP contribution in [0.4, 0.5) is 5.82 Å². The summed E-state index contributed by atoms with van der Waals surface area (Å²) in [5.41, 5.74) is 1.99. The summed E-state index contributed by atoms with van der Waals surface area (Å²) in [6.45, 7) is 4.12. The van der Waals surface area contributed by atoms with Gasteiger partial charge in [-0.15, -0.1) is 11.8 Å². The van der Waals surface area contributed by atoms with Gasteiger partial charge in [0.2, 0.25) is 5.91 Å². The molecule has 1 aliphatic rings. The van der Waals surface area contributed by atoms with Crippen LogP contribution in [0.2, 0.25) is 0 Å². The average molecular weight is 301 g/mol. The zero-order valence-electron chi connectivity index (χ0n) is 11.3. The van der Waals surface area contributed by atoms with Crippen LogP contribution in [0.3, 0.4) is 0 Å². The number of carbonyl (C=O) groups excluding carboxylic acids is 1. The third-order valence-corrected chi connectivity index (χ3v) is 4.42. The second-order valence-corrected chi connectivity index (χ2v) is 5.67. The molecule has 0 bridgehead atoms. The zero-order valence-corrected chi connectivity index (χ0v) is 12.2. The topological polar surface area (TPSA) is 67.0 Å². The smallest absolute Gasteiger partial charge is 0.235 e. The number of benzene rings is 1. The summed E-state index contributed by atoms with van der Waals surface area (Å²) in [5.74, 6) is 1.82. The number of H-pyrrole nitrogens is 1. The number of anilines is 1. The molecule has 1 amide bonds. The van der Waals surface area contributed by atoms with E-state index in [-0.39, 0.29) is 11.2 Å². The monoisotopic (exact) mass is 301 g/mol. The maximum Gasteiger partial charge on any atom is 0.235 e. The Labute approximate surface area is 126 Å². The fourth-order valence-electron chi connectivity index (χ4n) is 2.25. The summed E-state index contributed by atoms with van der Waals surface area (Å²) in [4.78, 5) is 11.8. The molecule has 0 aliphatic carbocycles. The van der Waals surface area contributed by atoms with Crippen LogP contribution in [0.15, 0.2) is 43.1 Å². The number of amides is 1. The van der Waals surface area contributed by atoms with Crippen LogP contribution < -0.4 is 10.1 Å². The number of nitrogens with one attached hydrogen (secondary N) is 2. The van der Waals surface area contributed by atoms with Gasteiger partial charge in [0, 0.05) is 11.1 Å². The van der Waals surface area contributed by atoms with Crippen molar-refractivity contribution >= 4 is 23.5 Å². The fourth-order valence-corrected chi connectivity index (χ4v) is 3.38. The molecule has 1 aromatic carbocycles. The maximum atomic E-state index is 11.8. The standard InChI is InChI=1S/C15H15N3O2S/c1-2-7-20-12-6-4-3-5-10(12)14-11-8-16-18-15(11)17-13(19)9-21-14/h2-6,8,14H,1,7,9H2,(H2,16,17,18,19)/t14-/m1/s1. The van der Waals surface area contributed by atoms with Gasteiger partial charge in [0.15, 0.2) is 0 Å². The third kappa shape index (κ3) is 2.80. The minimum absolute atomic E-state index is 0.00119. The van der Waals surface area contributed by atoms with Crippen LogP contribution in [0.25, 0.3) is 0 Å². The van der Waals surface area contributed by atoms with Crippen molar-refractivity contribution in [3.8, 4) is 5.75 Å². The van der Waals surface area contributed by atoms with Gasteiger partial charge in [0.05, 0.1) is 17.2 Å². The Balaban J connectivity index is 2.00. The van der Waals surface area contributed by atoms with Crippen molar-refractivity contribution < 1.29 is 9.53 Å². The lowest BCUT2D eigenvalue weighted by Gasteiger charge is -2.17. The van der Waals surface area contributed by atoms with Crippen LogP contribution >= 0.6 is 11.8 Å². The number of hydrogen-bond donors (Lipinski definition) is 2. The van der Waals surface area contributed by atoms with E-state index in [1.54, 1.807) is 24.0 Å². The van der Waals surface area contributed by atoms with Gasteiger partial charge in [-0.1, -0.05) is 30.9 Å². The van der Waals surface area contributed by atoms with Crippen LogP contribution in [-0.4, -0.2) is 28.5 Å². The minimum atomic E-state index is -0.0301. The molecule has 2 N–H and O–H groups in total. The quantitative estimate of drug-likeness (QED) is 0.852. The summed E-state index contributed by atoms with van der Waals surface area (Å²) in [6, 6.07) is 7.85. The number of aromatic nitrogens is 2. The maximum absolute atomic E-state index is 11.8. The minimum Gasteiger partial charge on any atom is -0.489 e. The van der Waals surface area contributed by atoms with Gasteiger partial charge in [0.1, 0.15) is 18.2 Å². The van der Waals surface area contributed by atoms with Gasteiger partial charge in [-0.25, -0.2) is 0 Å². The van der Waals surface area contributed by atoms with E-state index >= 15 is 0 Å². The number of nitrogens with zero attached hydrogens (tertiary/aromatic N) is 1. The van der Waals surface area contributed by atoms with Gasteiger partial charge in [0.25, 0.3) is 0 Å². The first-order valence-corrected chi connectivity index (χ1v) is 7.62. The van der Waals surface area contributed by atoms with Crippen molar-refractivity contribution in [3.05, 3.63) is 54.2 Å². The number of para-hydroxylation sites is 1. The molecule has 0 fully saturated rings. The van der Waals surface area contributed by atoms with Crippen molar-refractivity contribution in [1.82, 2.24) is 10.2 Å². The molecule has 1 aliphatic heterocycles. The summed E-state index contributed by atoms with van der Waals surface area (Å²) < 4.78 is 5.73. The first-order chi connectivity index (χ1) is 10.3. The molecule has 0 saturated heterocycles. The zero-order chi connectivity index (χ0) is 14.7. The highest BCUT2D eigenvalue weighted by atomic mass is 32.2. The molecule has 2 heterocycles. The molecule has 21 heavy (non-hydrogen) atoms. The highest BCUT2D eigenvalue weighted by Gasteiger charge is 2.27. The van der Waals surface area contributed by atoms with Gasteiger partial charge < -0.3 is 10.1 Å². The van der Waals surface area contributed by atoms with Gasteiger partial charge in [-0.2, -0.15) is 5.10 Å². The molecule has 6 heteroatoms. The fraction of sp³-hybridized carbons (Fsp3) is 0.200. The number of hydrogen-bond acceptors (Lipinski definition) is 4. The van der Waals surface area contributed by atoms with Gasteiger partial charge in [-0.3, -0.25) is 9.89 Å². The van der Waals surface area contributed by atoms with E-state index in [4.69, 9.17) is 4.74 Å². The molecule has 5 nitrogen and oxygen atoms in total. The molecule has 108 valence electrons. The molecule has 0 radical (unpaired) electrons. The Morgan fingerprint density at radius 3 is 3.14 bits per heavy atom. The number of thioether (sulfide) groups is 1. The molecular weight excluding hydrogens is 286 g/mol. The van der Waals surface area contributed by atoms with E-state index in [1.165, 1.54) is 0 Å². The van der Waals surface area contributed by atoms with Gasteiger partial charge in [-0.05, 0) is 6.07 Å². The summed E-state index contributed by atoms with van der Waals surface area (Å²) >= 11 is 1.56. The molecule has 0 saturated carbocycles. The third-order valence-electron chi connectivity index (χ3n) is 3.15. The van der Waals surface area contributed by atoms with Crippen molar-refractivity contribution in [2.45, 2.75) is 5.25 Å². The van der Waals surface area contributed by atoms with E-state index in [9.17, 15) is 4.79 Å². The number of carbonyl (C=O) groups is 1. The van der Waals surface area contributed by atoms with E-state index < -0.39 is 0 Å². The molecule has 0 spiro atoms. The van der Waals surface area contributed by atoms with Gasteiger partial charge >= 0.3 is 0 Å². The number of aromatic amines is 1. The average Bonchev–Trinajstić information content (AvgIpc) is 2.88. The Morgan fingerprint density at radius 1 is 1.43 bits per heavy atom. The SMILES string of the molecule is C=CCOc1ccccc1[C@H]1SCC(=O)Nc2[nH]ncc21. The molecule has 1 aromatic heterocycles. The number of rotatable bonds is 4. The Hall–Kier alpha value is -2.21. The highest BCUT2D eigenvalue weighted by Crippen LogP contribution is 2.43. The van der Waals surface area contributed by atoms with E-state index in [2.05, 4.69) is 22.1 Å². The first-order valence-electron chi connectivity index (χ1n) is 6.57. The molecule has 0 unspecified atom stereocenters. The number of ether oxygens (including phenoxy) is 1. The predicted molar refractivity (Wildman–Crippen MR) is 83.7 cm³/mol. The number of fused-ring (bicyclic) bond motifs is 1. The first kappa shape index (κ1) is 13.8. The Bertz CT molecular complexity index is 668. The summed E-state index contributed by atoms with van der Waals surface area (Å²) in [5, 5.41) is 9.70.